The normalized spacial score (nSPS) is 12.0. The van der Waals surface area contributed by atoms with Crippen molar-refractivity contribution in [3.8, 4) is 11.5 Å². The number of aromatic nitrogens is 2. The van der Waals surface area contributed by atoms with Crippen LogP contribution in [0.4, 0.5) is 0 Å². The number of rotatable bonds is 8. The van der Waals surface area contributed by atoms with Crippen molar-refractivity contribution in [2.45, 2.75) is 38.5 Å². The second kappa shape index (κ2) is 8.53. The molecule has 0 radical (unpaired) electrons. The number of amides is 2. The standard InChI is InChI=1S/C15H20N4O4S/c1-4-6-16-13(21)9(2)17-12(20)8-24-15-19-18-14(23-15)11-5-7-22-10(11)3/h5,7,9H,4,6,8H2,1-3H3,(H,16,21)(H,17,20)/t9-/m0/s1. The summed E-state index contributed by atoms with van der Waals surface area (Å²) in [5.41, 5.74) is 0.722. The Labute approximate surface area is 143 Å². The molecule has 0 fully saturated rings. The number of carbonyl (C=O) groups is 2. The van der Waals surface area contributed by atoms with Crippen molar-refractivity contribution >= 4 is 23.6 Å². The molecule has 2 N–H and O–H groups in total. The van der Waals surface area contributed by atoms with Crippen molar-refractivity contribution in [3.05, 3.63) is 18.1 Å². The molecular weight excluding hydrogens is 332 g/mol. The zero-order chi connectivity index (χ0) is 17.5. The first-order valence-electron chi connectivity index (χ1n) is 7.59. The highest BCUT2D eigenvalue weighted by molar-refractivity contribution is 7.99. The first kappa shape index (κ1) is 18.1. The Kier molecular flexibility index (Phi) is 6.42. The second-order valence-corrected chi connectivity index (χ2v) is 6.06. The fraction of sp³-hybridized carbons (Fsp3) is 0.467. The minimum Gasteiger partial charge on any atom is -0.469 e. The summed E-state index contributed by atoms with van der Waals surface area (Å²) in [5.74, 6) is 0.623. The van der Waals surface area contributed by atoms with E-state index in [1.54, 1.807) is 26.2 Å². The lowest BCUT2D eigenvalue weighted by atomic mass is 10.3. The molecule has 0 spiro atoms. The molecule has 2 aromatic heterocycles. The average Bonchev–Trinajstić information content (AvgIpc) is 3.18. The molecule has 9 heteroatoms. The molecule has 0 saturated carbocycles. The van der Waals surface area contributed by atoms with Gasteiger partial charge < -0.3 is 19.5 Å². The Morgan fingerprint density at radius 3 is 2.83 bits per heavy atom. The Bertz CT molecular complexity index is 697. The first-order chi connectivity index (χ1) is 11.5. The van der Waals surface area contributed by atoms with Crippen molar-refractivity contribution in [2.75, 3.05) is 12.3 Å². The predicted molar refractivity (Wildman–Crippen MR) is 88.4 cm³/mol. The predicted octanol–water partition coefficient (Wildman–Crippen LogP) is 1.76. The molecule has 0 unspecified atom stereocenters. The van der Waals surface area contributed by atoms with Crippen molar-refractivity contribution < 1.29 is 18.4 Å². The van der Waals surface area contributed by atoms with Gasteiger partial charge >= 0.3 is 0 Å². The third kappa shape index (κ3) is 4.85. The van der Waals surface area contributed by atoms with E-state index in [1.807, 2.05) is 6.92 Å². The summed E-state index contributed by atoms with van der Waals surface area (Å²) in [7, 11) is 0. The van der Waals surface area contributed by atoms with Gasteiger partial charge in [0.25, 0.3) is 11.1 Å². The van der Waals surface area contributed by atoms with Gasteiger partial charge in [-0.05, 0) is 26.3 Å². The smallest absolute Gasteiger partial charge is 0.277 e. The monoisotopic (exact) mass is 352 g/mol. The fourth-order valence-corrected chi connectivity index (χ4v) is 2.44. The molecule has 2 rings (SSSR count). The van der Waals surface area contributed by atoms with Crippen molar-refractivity contribution in [1.29, 1.82) is 0 Å². The third-order valence-electron chi connectivity index (χ3n) is 3.14. The van der Waals surface area contributed by atoms with Gasteiger partial charge in [-0.15, -0.1) is 10.2 Å². The zero-order valence-electron chi connectivity index (χ0n) is 13.8. The minimum absolute atomic E-state index is 0.0808. The number of nitrogens with one attached hydrogen (secondary N) is 2. The fourth-order valence-electron chi connectivity index (χ4n) is 1.86. The molecule has 0 aromatic carbocycles. The van der Waals surface area contributed by atoms with Gasteiger partial charge in [0.2, 0.25) is 11.8 Å². The van der Waals surface area contributed by atoms with Gasteiger partial charge in [0.1, 0.15) is 11.8 Å². The molecule has 0 saturated heterocycles. The molecule has 0 aliphatic heterocycles. The molecule has 1 atom stereocenters. The van der Waals surface area contributed by atoms with Crippen molar-refractivity contribution in [1.82, 2.24) is 20.8 Å². The van der Waals surface area contributed by atoms with E-state index in [4.69, 9.17) is 8.83 Å². The van der Waals surface area contributed by atoms with E-state index in [9.17, 15) is 9.59 Å². The van der Waals surface area contributed by atoms with Crippen LogP contribution in [-0.2, 0) is 9.59 Å². The topological polar surface area (TPSA) is 110 Å². The van der Waals surface area contributed by atoms with Gasteiger partial charge in [-0.3, -0.25) is 9.59 Å². The van der Waals surface area contributed by atoms with Crippen LogP contribution in [0.3, 0.4) is 0 Å². The van der Waals surface area contributed by atoms with Crippen LogP contribution in [0.1, 0.15) is 26.0 Å². The highest BCUT2D eigenvalue weighted by Crippen LogP contribution is 2.26. The summed E-state index contributed by atoms with van der Waals surface area (Å²) in [6, 6.07) is 1.15. The summed E-state index contributed by atoms with van der Waals surface area (Å²) in [6.45, 7) is 5.99. The molecule has 2 aromatic rings. The molecule has 0 bridgehead atoms. The Balaban J connectivity index is 1.81. The second-order valence-electron chi connectivity index (χ2n) is 5.13. The number of thioether (sulfide) groups is 1. The van der Waals surface area contributed by atoms with E-state index >= 15 is 0 Å². The molecule has 130 valence electrons. The lowest BCUT2D eigenvalue weighted by Crippen LogP contribution is -2.45. The summed E-state index contributed by atoms with van der Waals surface area (Å²) in [4.78, 5) is 23.6. The van der Waals surface area contributed by atoms with Gasteiger partial charge in [-0.1, -0.05) is 18.7 Å². The summed E-state index contributed by atoms with van der Waals surface area (Å²) < 4.78 is 10.7. The van der Waals surface area contributed by atoms with E-state index in [-0.39, 0.29) is 22.8 Å². The quantitative estimate of drug-likeness (QED) is 0.696. The number of nitrogens with zero attached hydrogens (tertiary/aromatic N) is 2. The maximum Gasteiger partial charge on any atom is 0.277 e. The van der Waals surface area contributed by atoms with Crippen LogP contribution in [0.2, 0.25) is 0 Å². The maximum atomic E-state index is 11.9. The molecule has 2 amide bonds. The highest BCUT2D eigenvalue weighted by Gasteiger charge is 2.17. The number of carbonyl (C=O) groups excluding carboxylic acids is 2. The lowest BCUT2D eigenvalue weighted by Gasteiger charge is -2.13. The summed E-state index contributed by atoms with van der Waals surface area (Å²) >= 11 is 1.11. The largest absolute Gasteiger partial charge is 0.469 e. The molecule has 24 heavy (non-hydrogen) atoms. The Morgan fingerprint density at radius 2 is 2.17 bits per heavy atom. The van der Waals surface area contributed by atoms with Gasteiger partial charge in [0.15, 0.2) is 0 Å². The maximum absolute atomic E-state index is 11.9. The van der Waals surface area contributed by atoms with Crippen LogP contribution < -0.4 is 10.6 Å². The highest BCUT2D eigenvalue weighted by atomic mass is 32.2. The number of hydrogen-bond acceptors (Lipinski definition) is 7. The molecule has 0 aliphatic rings. The van der Waals surface area contributed by atoms with E-state index in [2.05, 4.69) is 20.8 Å². The molecule has 8 nitrogen and oxygen atoms in total. The van der Waals surface area contributed by atoms with E-state index in [0.717, 1.165) is 23.7 Å². The van der Waals surface area contributed by atoms with Gasteiger partial charge in [-0.2, -0.15) is 0 Å². The summed E-state index contributed by atoms with van der Waals surface area (Å²) in [5, 5.41) is 13.4. The number of hydrogen-bond donors (Lipinski definition) is 2. The van der Waals surface area contributed by atoms with E-state index in [0.29, 0.717) is 18.2 Å². The Hall–Kier alpha value is -2.29. The average molecular weight is 352 g/mol. The van der Waals surface area contributed by atoms with Crippen LogP contribution in [0, 0.1) is 6.92 Å². The van der Waals surface area contributed by atoms with Gasteiger partial charge in [0.05, 0.1) is 17.6 Å². The lowest BCUT2D eigenvalue weighted by molar-refractivity contribution is -0.127. The van der Waals surface area contributed by atoms with Crippen molar-refractivity contribution in [2.24, 2.45) is 0 Å². The third-order valence-corrected chi connectivity index (χ3v) is 3.96. The SMILES string of the molecule is CCCNC(=O)[C@H](C)NC(=O)CSc1nnc(-c2ccoc2C)o1. The van der Waals surface area contributed by atoms with Crippen molar-refractivity contribution in [3.63, 3.8) is 0 Å². The molecular formula is C15H20N4O4S. The van der Waals surface area contributed by atoms with Crippen LogP contribution in [0.25, 0.3) is 11.5 Å². The van der Waals surface area contributed by atoms with Gasteiger partial charge in [-0.25, -0.2) is 0 Å². The number of aryl methyl sites for hydroxylation is 1. The zero-order valence-corrected chi connectivity index (χ0v) is 14.6. The van der Waals surface area contributed by atoms with Crippen LogP contribution >= 0.6 is 11.8 Å². The van der Waals surface area contributed by atoms with Crippen LogP contribution in [0.15, 0.2) is 26.4 Å². The Morgan fingerprint density at radius 1 is 1.38 bits per heavy atom. The minimum atomic E-state index is -0.587. The molecule has 0 aliphatic carbocycles. The van der Waals surface area contributed by atoms with Crippen LogP contribution in [0.5, 0.6) is 0 Å². The first-order valence-corrected chi connectivity index (χ1v) is 8.57. The van der Waals surface area contributed by atoms with E-state index in [1.165, 1.54) is 0 Å². The number of furan rings is 1. The van der Waals surface area contributed by atoms with Crippen LogP contribution in [-0.4, -0.2) is 40.4 Å². The van der Waals surface area contributed by atoms with Gasteiger partial charge in [0, 0.05) is 6.54 Å². The summed E-state index contributed by atoms with van der Waals surface area (Å²) in [6.07, 6.45) is 2.39. The van der Waals surface area contributed by atoms with E-state index < -0.39 is 6.04 Å². The molecule has 2 heterocycles.